The predicted molar refractivity (Wildman–Crippen MR) is 122 cm³/mol. The number of carbonyl (C=O) groups excluding carboxylic acids is 1. The number of hydrogen-bond donors (Lipinski definition) is 7. The van der Waals surface area contributed by atoms with Crippen LogP contribution in [0, 0.1) is 5.92 Å². The van der Waals surface area contributed by atoms with E-state index in [2.05, 4.69) is 0 Å². The van der Waals surface area contributed by atoms with Crippen LogP contribution in [0.2, 0.25) is 0 Å². The van der Waals surface area contributed by atoms with Gasteiger partial charge < -0.3 is 54.7 Å². The number of benzene rings is 1. The van der Waals surface area contributed by atoms with Crippen molar-refractivity contribution in [2.24, 2.45) is 5.92 Å². The minimum absolute atomic E-state index is 0.0750. The van der Waals surface area contributed by atoms with Gasteiger partial charge in [-0.05, 0) is 24.6 Å². The molecule has 1 aromatic carbocycles. The van der Waals surface area contributed by atoms with E-state index in [0.29, 0.717) is 5.56 Å². The molecule has 2 heterocycles. The molecule has 7 N–H and O–H groups in total. The summed E-state index contributed by atoms with van der Waals surface area (Å²) in [4.78, 5) is 24.4. The Labute approximate surface area is 211 Å². The van der Waals surface area contributed by atoms with Crippen molar-refractivity contribution in [1.82, 2.24) is 0 Å². The quantitative estimate of drug-likeness (QED) is 0.120. The van der Waals surface area contributed by atoms with Gasteiger partial charge >= 0.3 is 11.9 Å². The van der Waals surface area contributed by atoms with E-state index in [1.54, 1.807) is 13.0 Å². The summed E-state index contributed by atoms with van der Waals surface area (Å²) >= 11 is 0. The van der Waals surface area contributed by atoms with Gasteiger partial charge in [0.25, 0.3) is 0 Å². The Bertz CT molecular complexity index is 1030. The maximum absolute atomic E-state index is 12.6. The number of ether oxygens (including phenoxy) is 4. The second-order valence-electron chi connectivity index (χ2n) is 8.52. The normalized spacial score (nSPS) is 30.9. The fourth-order valence-electron chi connectivity index (χ4n) is 4.05. The van der Waals surface area contributed by atoms with Gasteiger partial charge in [0.2, 0.25) is 6.29 Å². The van der Waals surface area contributed by atoms with Gasteiger partial charge in [0.05, 0.1) is 31.5 Å². The van der Waals surface area contributed by atoms with Crippen molar-refractivity contribution >= 4 is 11.9 Å². The summed E-state index contributed by atoms with van der Waals surface area (Å²) in [7, 11) is 0. The summed E-state index contributed by atoms with van der Waals surface area (Å²) in [6, 6.07) is 4.17. The summed E-state index contributed by atoms with van der Waals surface area (Å²) in [5.41, 5.74) is 0.557. The van der Waals surface area contributed by atoms with Crippen molar-refractivity contribution in [2.75, 3.05) is 13.2 Å². The van der Waals surface area contributed by atoms with Crippen molar-refractivity contribution in [3.05, 3.63) is 47.2 Å². The number of carbonyl (C=O) groups is 2. The number of phenols is 2. The highest BCUT2D eigenvalue weighted by Crippen LogP contribution is 2.36. The molecule has 3 rings (SSSR count). The largest absolute Gasteiger partial charge is 0.504 e. The SMILES string of the molecule is C/C=C1\C(CC(=O)OCCc2ccc(O)c(O)c2)C(C(=O)O)=CO[C@H]1OC1O[C@H](CO)[C@@H](O)[C@H](O)[C@H]1O. The number of esters is 1. The molecule has 7 atom stereocenters. The fourth-order valence-corrected chi connectivity index (χ4v) is 4.05. The molecule has 2 aliphatic rings. The van der Waals surface area contributed by atoms with Crippen LogP contribution < -0.4 is 0 Å². The molecule has 37 heavy (non-hydrogen) atoms. The fraction of sp³-hybridized carbons (Fsp3) is 0.500. The van der Waals surface area contributed by atoms with Crippen LogP contribution in [0.3, 0.4) is 0 Å². The number of aliphatic carboxylic acids is 1. The van der Waals surface area contributed by atoms with E-state index in [4.69, 9.17) is 18.9 Å². The van der Waals surface area contributed by atoms with E-state index in [-0.39, 0.29) is 35.7 Å². The van der Waals surface area contributed by atoms with Crippen LogP contribution in [0.1, 0.15) is 18.9 Å². The van der Waals surface area contributed by atoms with Crippen molar-refractivity contribution in [3.8, 4) is 11.5 Å². The molecule has 13 nitrogen and oxygen atoms in total. The second kappa shape index (κ2) is 12.4. The summed E-state index contributed by atoms with van der Waals surface area (Å²) in [6.07, 6.45) is -6.90. The second-order valence-corrected chi connectivity index (χ2v) is 8.52. The predicted octanol–water partition coefficient (Wildman–Crippen LogP) is -0.723. The van der Waals surface area contributed by atoms with Crippen LogP contribution in [0.15, 0.2) is 41.7 Å². The molecule has 204 valence electrons. The third-order valence-corrected chi connectivity index (χ3v) is 6.12. The van der Waals surface area contributed by atoms with E-state index in [1.165, 1.54) is 18.2 Å². The molecule has 0 bridgehead atoms. The highest BCUT2D eigenvalue weighted by atomic mass is 16.8. The van der Waals surface area contributed by atoms with Gasteiger partial charge in [0, 0.05) is 17.9 Å². The molecule has 0 saturated carbocycles. The maximum atomic E-state index is 12.6. The van der Waals surface area contributed by atoms with Crippen molar-refractivity contribution in [3.63, 3.8) is 0 Å². The number of carboxylic acids is 1. The maximum Gasteiger partial charge on any atom is 0.335 e. The standard InChI is InChI=1S/C24H30O13/c1-2-12-13(8-18(28)34-6-5-11-3-4-15(26)16(27)7-11)14(22(32)33)10-35-23(12)37-24-21(31)20(30)19(29)17(9-25)36-24/h2-4,7,10,13,17,19-21,23-27,29-31H,5-6,8-9H2,1H3,(H,32,33)/b12-2+/t13?,17-,19-,20+,21-,23+,24?/m1/s1. The highest BCUT2D eigenvalue weighted by molar-refractivity contribution is 5.89. The number of allylic oxidation sites excluding steroid dienone is 1. The third-order valence-electron chi connectivity index (χ3n) is 6.12. The monoisotopic (exact) mass is 526 g/mol. The molecule has 0 aromatic heterocycles. The molecule has 2 unspecified atom stereocenters. The molecule has 0 aliphatic carbocycles. The molecule has 13 heteroatoms. The van der Waals surface area contributed by atoms with Gasteiger partial charge in [-0.1, -0.05) is 12.1 Å². The van der Waals surface area contributed by atoms with Crippen LogP contribution >= 0.6 is 0 Å². The first-order valence-electron chi connectivity index (χ1n) is 11.4. The zero-order valence-corrected chi connectivity index (χ0v) is 19.8. The Balaban J connectivity index is 1.68. The Kier molecular flexibility index (Phi) is 9.48. The molecule has 1 saturated heterocycles. The van der Waals surface area contributed by atoms with Gasteiger partial charge in [0.15, 0.2) is 17.8 Å². The third kappa shape index (κ3) is 6.57. The smallest absolute Gasteiger partial charge is 0.335 e. The molecule has 0 radical (unpaired) electrons. The Morgan fingerprint density at radius 2 is 1.81 bits per heavy atom. The van der Waals surface area contributed by atoms with Crippen molar-refractivity contribution in [1.29, 1.82) is 0 Å². The van der Waals surface area contributed by atoms with Crippen LogP contribution in [0.5, 0.6) is 11.5 Å². The average molecular weight is 526 g/mol. The lowest BCUT2D eigenvalue weighted by atomic mass is 9.86. The van der Waals surface area contributed by atoms with E-state index in [0.717, 1.165) is 6.26 Å². The van der Waals surface area contributed by atoms with E-state index < -0.39 is 67.9 Å². The molecule has 0 amide bonds. The molecule has 1 fully saturated rings. The molecule has 0 spiro atoms. The Morgan fingerprint density at radius 1 is 1.08 bits per heavy atom. The molecular formula is C24H30O13. The lowest BCUT2D eigenvalue weighted by Gasteiger charge is -2.41. The molecular weight excluding hydrogens is 496 g/mol. The van der Waals surface area contributed by atoms with Crippen LogP contribution in [-0.2, 0) is 35.0 Å². The van der Waals surface area contributed by atoms with E-state index in [1.807, 2.05) is 0 Å². The van der Waals surface area contributed by atoms with Crippen LogP contribution in [-0.4, -0.2) is 97.9 Å². The number of phenolic OH excluding ortho intramolecular Hbond substituents is 2. The minimum atomic E-state index is -1.72. The van der Waals surface area contributed by atoms with Gasteiger partial charge in [-0.2, -0.15) is 0 Å². The lowest BCUT2D eigenvalue weighted by Crippen LogP contribution is -2.60. The molecule has 2 aliphatic heterocycles. The minimum Gasteiger partial charge on any atom is -0.504 e. The van der Waals surface area contributed by atoms with Gasteiger partial charge in [-0.3, -0.25) is 4.79 Å². The molecule has 1 aromatic rings. The summed E-state index contributed by atoms with van der Waals surface area (Å²) < 4.78 is 21.6. The first kappa shape index (κ1) is 28.4. The summed E-state index contributed by atoms with van der Waals surface area (Å²) in [5, 5.41) is 68.1. The van der Waals surface area contributed by atoms with E-state index in [9.17, 15) is 45.3 Å². The van der Waals surface area contributed by atoms with Crippen LogP contribution in [0.25, 0.3) is 0 Å². The Hall–Kier alpha value is -3.20. The topological polar surface area (TPSA) is 213 Å². The van der Waals surface area contributed by atoms with Gasteiger partial charge in [0.1, 0.15) is 24.4 Å². The zero-order valence-electron chi connectivity index (χ0n) is 19.8. The number of aromatic hydroxyl groups is 2. The average Bonchev–Trinajstić information content (AvgIpc) is 2.86. The van der Waals surface area contributed by atoms with Crippen molar-refractivity contribution in [2.45, 2.75) is 56.8 Å². The number of carboxylic acid groups (broad SMARTS) is 1. The highest BCUT2D eigenvalue weighted by Gasteiger charge is 2.46. The van der Waals surface area contributed by atoms with Gasteiger partial charge in [-0.15, -0.1) is 0 Å². The first-order chi connectivity index (χ1) is 17.6. The number of hydrogen-bond acceptors (Lipinski definition) is 12. The summed E-state index contributed by atoms with van der Waals surface area (Å²) in [5.74, 6) is -3.70. The number of aliphatic hydroxyl groups is 4. The number of aliphatic hydroxyl groups excluding tert-OH is 4. The Morgan fingerprint density at radius 3 is 2.43 bits per heavy atom. The van der Waals surface area contributed by atoms with Crippen molar-refractivity contribution < 1.29 is 64.3 Å². The van der Waals surface area contributed by atoms with E-state index >= 15 is 0 Å². The lowest BCUT2D eigenvalue weighted by molar-refractivity contribution is -0.327. The zero-order chi connectivity index (χ0) is 27.3. The van der Waals surface area contributed by atoms with Crippen LogP contribution in [0.4, 0.5) is 0 Å². The number of rotatable bonds is 9. The van der Waals surface area contributed by atoms with Gasteiger partial charge in [-0.25, -0.2) is 4.79 Å². The summed E-state index contributed by atoms with van der Waals surface area (Å²) in [6.45, 7) is 0.811. The first-order valence-corrected chi connectivity index (χ1v) is 11.4.